The van der Waals surface area contributed by atoms with Crippen molar-refractivity contribution in [3.8, 4) is 17.2 Å². The molecule has 0 unspecified atom stereocenters. The van der Waals surface area contributed by atoms with Crippen LogP contribution in [0, 0.1) is 0 Å². The summed E-state index contributed by atoms with van der Waals surface area (Å²) in [4.78, 5) is 13.4. The second-order valence-corrected chi connectivity index (χ2v) is 8.86. The number of rotatable bonds is 1. The molecule has 0 radical (unpaired) electrons. The Morgan fingerprint density at radius 3 is 2.62 bits per heavy atom. The van der Waals surface area contributed by atoms with Crippen molar-refractivity contribution in [1.29, 1.82) is 0 Å². The van der Waals surface area contributed by atoms with E-state index in [0.717, 1.165) is 0 Å². The Kier molecular flexibility index (Phi) is 3.45. The lowest BCUT2D eigenvalue weighted by Gasteiger charge is -2.28. The van der Waals surface area contributed by atoms with E-state index in [1.807, 2.05) is 26.0 Å². The van der Waals surface area contributed by atoms with E-state index in [4.69, 9.17) is 13.9 Å². The van der Waals surface area contributed by atoms with Crippen molar-refractivity contribution < 1.29 is 24.1 Å². The molecule has 3 aromatic rings. The highest BCUT2D eigenvalue weighted by molar-refractivity contribution is 5.99. The van der Waals surface area contributed by atoms with Gasteiger partial charge in [-0.2, -0.15) is 0 Å². The van der Waals surface area contributed by atoms with Crippen molar-refractivity contribution in [1.82, 2.24) is 0 Å². The molecule has 2 N–H and O–H groups in total. The Bertz CT molecular complexity index is 1270. The van der Waals surface area contributed by atoms with Crippen molar-refractivity contribution in [3.05, 3.63) is 45.6 Å². The summed E-state index contributed by atoms with van der Waals surface area (Å²) in [5.74, 6) is 0.869. The minimum absolute atomic E-state index is 0.114. The van der Waals surface area contributed by atoms with E-state index in [0.29, 0.717) is 40.0 Å². The molecule has 0 aliphatic carbocycles. The first-order valence-electron chi connectivity index (χ1n) is 9.61. The molecule has 29 heavy (non-hydrogen) atoms. The number of phenolic OH excluding ortho intramolecular Hbond substituents is 1. The fraction of sp³-hybridized carbons (Fsp3) is 0.348. The predicted octanol–water partition coefficient (Wildman–Crippen LogP) is 3.91. The third-order valence-electron chi connectivity index (χ3n) is 5.64. The third-order valence-corrected chi connectivity index (χ3v) is 5.64. The lowest BCUT2D eigenvalue weighted by molar-refractivity contribution is -0.0229. The molecular formula is C23H22O6. The van der Waals surface area contributed by atoms with Crippen LogP contribution < -0.4 is 14.9 Å². The minimum Gasteiger partial charge on any atom is -0.507 e. The molecule has 0 saturated carbocycles. The second-order valence-electron chi connectivity index (χ2n) is 8.86. The van der Waals surface area contributed by atoms with Gasteiger partial charge in [-0.05, 0) is 45.9 Å². The Balaban J connectivity index is 1.79. The van der Waals surface area contributed by atoms with Gasteiger partial charge < -0.3 is 24.1 Å². The zero-order chi connectivity index (χ0) is 20.7. The van der Waals surface area contributed by atoms with Crippen LogP contribution in [0.3, 0.4) is 0 Å². The van der Waals surface area contributed by atoms with Gasteiger partial charge in [0.2, 0.25) is 5.43 Å². The fourth-order valence-corrected chi connectivity index (χ4v) is 4.04. The highest BCUT2D eigenvalue weighted by Gasteiger charge is 2.37. The molecule has 2 aliphatic heterocycles. The van der Waals surface area contributed by atoms with Crippen LogP contribution in [-0.4, -0.2) is 27.5 Å². The largest absolute Gasteiger partial charge is 0.507 e. The molecule has 0 bridgehead atoms. The number of aliphatic hydroxyl groups is 1. The van der Waals surface area contributed by atoms with Crippen molar-refractivity contribution in [2.75, 3.05) is 0 Å². The lowest BCUT2D eigenvalue weighted by Crippen LogP contribution is -2.39. The van der Waals surface area contributed by atoms with Crippen LogP contribution in [0.2, 0.25) is 0 Å². The van der Waals surface area contributed by atoms with Gasteiger partial charge in [0.15, 0.2) is 0 Å². The van der Waals surface area contributed by atoms with Crippen LogP contribution >= 0.6 is 0 Å². The number of hydrogen-bond donors (Lipinski definition) is 2. The summed E-state index contributed by atoms with van der Waals surface area (Å²) < 4.78 is 17.8. The molecule has 3 heterocycles. The van der Waals surface area contributed by atoms with Gasteiger partial charge in [0.05, 0.1) is 11.0 Å². The first-order valence-corrected chi connectivity index (χ1v) is 9.61. The van der Waals surface area contributed by atoms with E-state index in [9.17, 15) is 15.0 Å². The van der Waals surface area contributed by atoms with Crippen molar-refractivity contribution >= 4 is 28.0 Å². The maximum absolute atomic E-state index is 13.4. The van der Waals surface area contributed by atoms with Gasteiger partial charge in [-0.1, -0.05) is 6.08 Å². The van der Waals surface area contributed by atoms with Gasteiger partial charge in [-0.3, -0.25) is 4.79 Å². The topological polar surface area (TPSA) is 89.1 Å². The monoisotopic (exact) mass is 394 g/mol. The van der Waals surface area contributed by atoms with Crippen molar-refractivity contribution in [3.63, 3.8) is 0 Å². The third kappa shape index (κ3) is 2.63. The van der Waals surface area contributed by atoms with Crippen LogP contribution in [0.5, 0.6) is 17.2 Å². The van der Waals surface area contributed by atoms with Gasteiger partial charge in [0.1, 0.15) is 45.5 Å². The van der Waals surface area contributed by atoms with E-state index in [1.54, 1.807) is 32.0 Å². The summed E-state index contributed by atoms with van der Waals surface area (Å²) in [5.41, 5.74) is -0.0745. The van der Waals surface area contributed by atoms with E-state index in [-0.39, 0.29) is 22.1 Å². The van der Waals surface area contributed by atoms with Crippen molar-refractivity contribution in [2.24, 2.45) is 0 Å². The molecular weight excluding hydrogens is 372 g/mol. The summed E-state index contributed by atoms with van der Waals surface area (Å²) in [6.07, 6.45) is 3.54. The molecule has 150 valence electrons. The summed E-state index contributed by atoms with van der Waals surface area (Å²) in [5, 5.41) is 21.7. The molecule has 0 fully saturated rings. The van der Waals surface area contributed by atoms with Crippen molar-refractivity contribution in [2.45, 2.75) is 51.4 Å². The molecule has 0 amide bonds. The molecule has 6 nitrogen and oxygen atoms in total. The summed E-state index contributed by atoms with van der Waals surface area (Å²) >= 11 is 0. The Morgan fingerprint density at radius 1 is 1.14 bits per heavy atom. The number of phenols is 1. The average molecular weight is 394 g/mol. The maximum Gasteiger partial charge on any atom is 0.205 e. The zero-order valence-electron chi connectivity index (χ0n) is 16.7. The fourth-order valence-electron chi connectivity index (χ4n) is 4.04. The van der Waals surface area contributed by atoms with Crippen LogP contribution in [0.25, 0.3) is 28.0 Å². The first kappa shape index (κ1) is 18.1. The van der Waals surface area contributed by atoms with Gasteiger partial charge in [-0.15, -0.1) is 0 Å². The standard InChI is InChI=1S/C23H22O6/c1-22(2)8-7-11-13(29-22)5-6-14-18(11)21(25)19-16(27-14)10-15-12(20(19)24)9-17(28-15)23(3,4)26/h5-8,10,17,24,26H,9H2,1-4H3/t17-/m1/s1. The predicted molar refractivity (Wildman–Crippen MR) is 110 cm³/mol. The highest BCUT2D eigenvalue weighted by atomic mass is 16.5. The van der Waals surface area contributed by atoms with E-state index in [1.165, 1.54) is 0 Å². The normalized spacial score (nSPS) is 19.7. The lowest BCUT2D eigenvalue weighted by atomic mass is 9.95. The van der Waals surface area contributed by atoms with Gasteiger partial charge in [0, 0.05) is 23.6 Å². The molecule has 2 aromatic carbocycles. The van der Waals surface area contributed by atoms with Crippen LogP contribution in [0.15, 0.2) is 33.5 Å². The first-order chi connectivity index (χ1) is 13.5. The molecule has 1 atom stereocenters. The number of ether oxygens (including phenoxy) is 2. The molecule has 6 heteroatoms. The number of benzene rings is 2. The average Bonchev–Trinajstić information content (AvgIpc) is 3.05. The van der Waals surface area contributed by atoms with Crippen LogP contribution in [0.4, 0.5) is 0 Å². The maximum atomic E-state index is 13.4. The Labute approximate surface area is 167 Å². The zero-order valence-corrected chi connectivity index (χ0v) is 16.7. The summed E-state index contributed by atoms with van der Waals surface area (Å²) in [6.45, 7) is 7.18. The smallest absolute Gasteiger partial charge is 0.205 e. The molecule has 5 rings (SSSR count). The Morgan fingerprint density at radius 2 is 1.90 bits per heavy atom. The van der Waals surface area contributed by atoms with Crippen LogP contribution in [-0.2, 0) is 6.42 Å². The van der Waals surface area contributed by atoms with E-state index in [2.05, 4.69) is 0 Å². The second kappa shape index (κ2) is 5.54. The SMILES string of the molecule is CC1(C)C=Cc2c(ccc3oc4cc5c(c(O)c4c(=O)c23)C[C@H](C(C)(C)O)O5)O1. The highest BCUT2D eigenvalue weighted by Crippen LogP contribution is 2.44. The molecule has 0 spiro atoms. The summed E-state index contributed by atoms with van der Waals surface area (Å²) in [7, 11) is 0. The van der Waals surface area contributed by atoms with Gasteiger partial charge in [0.25, 0.3) is 0 Å². The number of fused-ring (bicyclic) bond motifs is 5. The molecule has 2 aliphatic rings. The number of hydrogen-bond acceptors (Lipinski definition) is 6. The minimum atomic E-state index is -1.09. The van der Waals surface area contributed by atoms with Crippen LogP contribution in [0.1, 0.15) is 38.8 Å². The van der Waals surface area contributed by atoms with Gasteiger partial charge >= 0.3 is 0 Å². The molecule has 0 saturated heterocycles. The molecule has 1 aromatic heterocycles. The quantitative estimate of drug-likeness (QED) is 0.609. The van der Waals surface area contributed by atoms with Gasteiger partial charge in [-0.25, -0.2) is 0 Å². The summed E-state index contributed by atoms with van der Waals surface area (Å²) in [6, 6.07) is 5.10. The number of aromatic hydroxyl groups is 1. The van der Waals surface area contributed by atoms with E-state index < -0.39 is 17.3 Å². The van der Waals surface area contributed by atoms with E-state index >= 15 is 0 Å². The Hall–Kier alpha value is -2.99.